The third-order valence-electron chi connectivity index (χ3n) is 3.04. The zero-order chi connectivity index (χ0) is 15.2. The van der Waals surface area contributed by atoms with Crippen LogP contribution in [0.3, 0.4) is 0 Å². The fourth-order valence-corrected chi connectivity index (χ4v) is 2.14. The normalized spacial score (nSPS) is 10.6. The van der Waals surface area contributed by atoms with Crippen LogP contribution in [0.15, 0.2) is 48.5 Å². The van der Waals surface area contributed by atoms with E-state index < -0.39 is 5.97 Å². The number of methoxy groups -OCH3 is 2. The number of carboxylic acids is 1. The standard InChI is InChI=1S/C17H16O4/c1-20-14-10-8-13(9-11-15(18)19)17(21-2)16(14)12-6-4-3-5-7-12/h3-11H,1-2H3,(H,18,19). The summed E-state index contributed by atoms with van der Waals surface area (Å²) in [6.07, 6.45) is 2.59. The first-order valence-corrected chi connectivity index (χ1v) is 6.38. The lowest BCUT2D eigenvalue weighted by Crippen LogP contribution is -1.96. The van der Waals surface area contributed by atoms with Crippen LogP contribution in [0.25, 0.3) is 17.2 Å². The lowest BCUT2D eigenvalue weighted by Gasteiger charge is -2.15. The van der Waals surface area contributed by atoms with Crippen LogP contribution in [0.5, 0.6) is 11.5 Å². The molecule has 0 saturated heterocycles. The van der Waals surface area contributed by atoms with Crippen molar-refractivity contribution in [1.29, 1.82) is 0 Å². The topological polar surface area (TPSA) is 55.8 Å². The molecule has 1 N–H and O–H groups in total. The lowest BCUT2D eigenvalue weighted by molar-refractivity contribution is -0.131. The van der Waals surface area contributed by atoms with Crippen LogP contribution < -0.4 is 9.47 Å². The summed E-state index contributed by atoms with van der Waals surface area (Å²) in [6, 6.07) is 13.2. The van der Waals surface area contributed by atoms with Crippen LogP contribution in [0.4, 0.5) is 0 Å². The number of carbonyl (C=O) groups is 1. The number of carboxylic acid groups (broad SMARTS) is 1. The van der Waals surface area contributed by atoms with Gasteiger partial charge in [0.25, 0.3) is 0 Å². The van der Waals surface area contributed by atoms with Crippen molar-refractivity contribution < 1.29 is 19.4 Å². The van der Waals surface area contributed by atoms with Crippen molar-refractivity contribution in [3.63, 3.8) is 0 Å². The maximum Gasteiger partial charge on any atom is 0.328 e. The molecule has 0 saturated carbocycles. The van der Waals surface area contributed by atoms with Gasteiger partial charge in [-0.15, -0.1) is 0 Å². The van der Waals surface area contributed by atoms with Gasteiger partial charge >= 0.3 is 5.97 Å². The molecule has 2 aromatic rings. The van der Waals surface area contributed by atoms with Gasteiger partial charge in [-0.1, -0.05) is 30.3 Å². The highest BCUT2D eigenvalue weighted by Crippen LogP contribution is 2.41. The van der Waals surface area contributed by atoms with Gasteiger partial charge in [0, 0.05) is 11.6 Å². The summed E-state index contributed by atoms with van der Waals surface area (Å²) in [5.74, 6) is 0.248. The van der Waals surface area contributed by atoms with Crippen molar-refractivity contribution in [3.05, 3.63) is 54.1 Å². The Bertz CT molecular complexity index is 660. The van der Waals surface area contributed by atoms with E-state index in [0.717, 1.165) is 17.2 Å². The van der Waals surface area contributed by atoms with Crippen molar-refractivity contribution in [2.24, 2.45) is 0 Å². The first-order chi connectivity index (χ1) is 10.2. The second-order valence-corrected chi connectivity index (χ2v) is 4.30. The average Bonchev–Trinajstić information content (AvgIpc) is 2.52. The molecule has 108 valence electrons. The van der Waals surface area contributed by atoms with E-state index in [1.165, 1.54) is 6.08 Å². The Morgan fingerprint density at radius 1 is 1.05 bits per heavy atom. The van der Waals surface area contributed by atoms with Crippen LogP contribution in [0.1, 0.15) is 5.56 Å². The molecule has 0 amide bonds. The maximum absolute atomic E-state index is 10.7. The predicted molar refractivity (Wildman–Crippen MR) is 81.7 cm³/mol. The molecule has 0 aliphatic heterocycles. The zero-order valence-corrected chi connectivity index (χ0v) is 11.9. The molecule has 2 rings (SSSR count). The smallest absolute Gasteiger partial charge is 0.328 e. The van der Waals surface area contributed by atoms with Crippen LogP contribution >= 0.6 is 0 Å². The molecule has 0 atom stereocenters. The van der Waals surface area contributed by atoms with E-state index in [4.69, 9.17) is 14.6 Å². The molecule has 21 heavy (non-hydrogen) atoms. The van der Waals surface area contributed by atoms with Crippen molar-refractivity contribution in [2.75, 3.05) is 14.2 Å². The monoisotopic (exact) mass is 284 g/mol. The maximum atomic E-state index is 10.7. The van der Waals surface area contributed by atoms with Gasteiger partial charge in [0.15, 0.2) is 0 Å². The molecule has 0 aliphatic carbocycles. The van der Waals surface area contributed by atoms with Gasteiger partial charge in [0.05, 0.1) is 19.8 Å². The van der Waals surface area contributed by atoms with Gasteiger partial charge in [-0.25, -0.2) is 4.79 Å². The first-order valence-electron chi connectivity index (χ1n) is 6.38. The van der Waals surface area contributed by atoms with E-state index in [0.29, 0.717) is 17.1 Å². The van der Waals surface area contributed by atoms with Gasteiger partial charge in [0.2, 0.25) is 0 Å². The van der Waals surface area contributed by atoms with E-state index in [1.807, 2.05) is 30.3 Å². The molecule has 0 bridgehead atoms. The molecule has 0 aromatic heterocycles. The molecule has 4 nitrogen and oxygen atoms in total. The third-order valence-corrected chi connectivity index (χ3v) is 3.04. The van der Waals surface area contributed by atoms with Gasteiger partial charge in [-0.2, -0.15) is 0 Å². The fourth-order valence-electron chi connectivity index (χ4n) is 2.14. The molecule has 0 spiro atoms. The number of rotatable bonds is 5. The molecule has 0 heterocycles. The van der Waals surface area contributed by atoms with Crippen molar-refractivity contribution in [3.8, 4) is 22.6 Å². The second-order valence-electron chi connectivity index (χ2n) is 4.30. The van der Waals surface area contributed by atoms with Gasteiger partial charge in [0.1, 0.15) is 11.5 Å². The quantitative estimate of drug-likeness (QED) is 0.854. The lowest BCUT2D eigenvalue weighted by atomic mass is 9.99. The summed E-state index contributed by atoms with van der Waals surface area (Å²) in [4.78, 5) is 10.7. The van der Waals surface area contributed by atoms with E-state index >= 15 is 0 Å². The first kappa shape index (κ1) is 14.7. The molecule has 0 fully saturated rings. The Hall–Kier alpha value is -2.75. The molecular formula is C17H16O4. The fraction of sp³-hybridized carbons (Fsp3) is 0.118. The highest BCUT2D eigenvalue weighted by Gasteiger charge is 2.15. The van der Waals surface area contributed by atoms with E-state index in [9.17, 15) is 4.79 Å². The van der Waals surface area contributed by atoms with Gasteiger partial charge in [-0.3, -0.25) is 0 Å². The summed E-state index contributed by atoms with van der Waals surface area (Å²) in [6.45, 7) is 0. The van der Waals surface area contributed by atoms with Crippen LogP contribution in [0.2, 0.25) is 0 Å². The zero-order valence-electron chi connectivity index (χ0n) is 11.9. The largest absolute Gasteiger partial charge is 0.496 e. The SMILES string of the molecule is COc1ccc(C=CC(=O)O)c(OC)c1-c1ccccc1. The highest BCUT2D eigenvalue weighted by molar-refractivity contribution is 5.88. The predicted octanol–water partition coefficient (Wildman–Crippen LogP) is 3.47. The number of hydrogen-bond donors (Lipinski definition) is 1. The number of benzene rings is 2. The number of aliphatic carboxylic acids is 1. The molecule has 0 radical (unpaired) electrons. The summed E-state index contributed by atoms with van der Waals surface area (Å²) in [5, 5.41) is 8.77. The molecular weight excluding hydrogens is 268 g/mol. The van der Waals surface area contributed by atoms with Crippen molar-refractivity contribution in [2.45, 2.75) is 0 Å². The third kappa shape index (κ3) is 3.23. The minimum Gasteiger partial charge on any atom is -0.496 e. The summed E-state index contributed by atoms with van der Waals surface area (Å²) in [7, 11) is 3.15. The van der Waals surface area contributed by atoms with Gasteiger partial charge in [-0.05, 0) is 23.8 Å². The Balaban J connectivity index is 2.65. The van der Waals surface area contributed by atoms with Crippen LogP contribution in [-0.4, -0.2) is 25.3 Å². The number of hydrogen-bond acceptors (Lipinski definition) is 3. The molecule has 4 heteroatoms. The van der Waals surface area contributed by atoms with Crippen LogP contribution in [0, 0.1) is 0 Å². The average molecular weight is 284 g/mol. The summed E-state index contributed by atoms with van der Waals surface area (Å²) in [5.41, 5.74) is 2.42. The second kappa shape index (κ2) is 6.61. The minimum atomic E-state index is -1.01. The minimum absolute atomic E-state index is 0.582. The highest BCUT2D eigenvalue weighted by atomic mass is 16.5. The Labute approximate surface area is 123 Å². The van der Waals surface area contributed by atoms with Crippen molar-refractivity contribution >= 4 is 12.0 Å². The van der Waals surface area contributed by atoms with E-state index in [2.05, 4.69) is 0 Å². The van der Waals surface area contributed by atoms with Crippen molar-refractivity contribution in [1.82, 2.24) is 0 Å². The summed E-state index contributed by atoms with van der Waals surface area (Å²) < 4.78 is 10.9. The molecule has 0 unspecified atom stereocenters. The van der Waals surface area contributed by atoms with Gasteiger partial charge < -0.3 is 14.6 Å². The Morgan fingerprint density at radius 2 is 1.76 bits per heavy atom. The molecule has 0 aliphatic rings. The van der Waals surface area contributed by atoms with Crippen LogP contribution in [-0.2, 0) is 4.79 Å². The summed E-state index contributed by atoms with van der Waals surface area (Å²) >= 11 is 0. The Morgan fingerprint density at radius 3 is 2.33 bits per heavy atom. The van der Waals surface area contributed by atoms with E-state index in [1.54, 1.807) is 26.4 Å². The Kier molecular flexibility index (Phi) is 4.61. The van der Waals surface area contributed by atoms with E-state index in [-0.39, 0.29) is 0 Å². The molecule has 2 aromatic carbocycles. The number of ether oxygens (including phenoxy) is 2.